The Morgan fingerprint density at radius 1 is 0.536 bits per heavy atom. The molecule has 0 bridgehead atoms. The van der Waals surface area contributed by atoms with Crippen molar-refractivity contribution in [3.05, 3.63) is 200 Å². The molecule has 0 spiro atoms. The Balaban J connectivity index is 0.000000172. The van der Waals surface area contributed by atoms with Gasteiger partial charge in [0, 0.05) is 34.6 Å². The molecule has 4 atom stereocenters. The van der Waals surface area contributed by atoms with Gasteiger partial charge in [-0.25, -0.2) is 18.4 Å². The largest absolute Gasteiger partial charge is 0.439 e. The van der Waals surface area contributed by atoms with Crippen molar-refractivity contribution in [2.24, 2.45) is 0 Å². The summed E-state index contributed by atoms with van der Waals surface area (Å²) in [5.74, 6) is 11.5. The molecule has 2 saturated heterocycles. The number of nitrogens with one attached hydrogen (secondary N) is 2. The Labute approximate surface area is 330 Å². The number of benzene rings is 4. The first kappa shape index (κ1) is 37.6. The second kappa shape index (κ2) is 17.2. The second-order valence-corrected chi connectivity index (χ2v) is 13.2. The van der Waals surface area contributed by atoms with Gasteiger partial charge < -0.3 is 20.1 Å². The lowest BCUT2D eigenvalue weighted by atomic mass is 9.99. The second-order valence-electron chi connectivity index (χ2n) is 12.4. The fraction of sp³-hybridized carbons (Fsp3) is 0.0909. The van der Waals surface area contributed by atoms with Gasteiger partial charge in [-0.15, -0.1) is 0 Å². The molecule has 2 aliphatic rings. The number of rotatable bonds is 4. The van der Waals surface area contributed by atoms with E-state index in [1.54, 1.807) is 73.1 Å². The first-order valence-electron chi connectivity index (χ1n) is 17.1. The van der Waals surface area contributed by atoms with Gasteiger partial charge in [0.15, 0.2) is 12.2 Å². The number of ether oxygens (including phenoxy) is 2. The summed E-state index contributed by atoms with van der Waals surface area (Å²) in [5, 5.41) is 6.67. The van der Waals surface area contributed by atoms with Crippen LogP contribution in [0.5, 0.6) is 0 Å². The summed E-state index contributed by atoms with van der Waals surface area (Å²) in [6, 6.07) is 32.5. The third-order valence-electron chi connectivity index (χ3n) is 8.65. The van der Waals surface area contributed by atoms with Crippen molar-refractivity contribution >= 4 is 35.4 Å². The van der Waals surface area contributed by atoms with Crippen LogP contribution < -0.4 is 10.6 Å². The van der Waals surface area contributed by atoms with Crippen LogP contribution in [0.15, 0.2) is 134 Å². The Hall–Kier alpha value is -6.72. The lowest BCUT2D eigenvalue weighted by Gasteiger charge is -2.17. The molecule has 0 aliphatic carbocycles. The van der Waals surface area contributed by atoms with Crippen LogP contribution in [-0.4, -0.2) is 22.2 Å². The molecule has 2 aliphatic heterocycles. The zero-order chi connectivity index (χ0) is 39.0. The van der Waals surface area contributed by atoms with E-state index < -0.39 is 36.5 Å². The van der Waals surface area contributed by atoms with Crippen molar-refractivity contribution in [3.63, 3.8) is 0 Å². The van der Waals surface area contributed by atoms with Gasteiger partial charge in [0.1, 0.15) is 23.7 Å². The third kappa shape index (κ3) is 9.14. The fourth-order valence-corrected chi connectivity index (χ4v) is 6.29. The van der Waals surface area contributed by atoms with Crippen molar-refractivity contribution < 1.29 is 27.8 Å². The van der Waals surface area contributed by atoms with Crippen molar-refractivity contribution in [1.82, 2.24) is 20.6 Å². The predicted octanol–water partition coefficient (Wildman–Crippen LogP) is 9.59. The zero-order valence-electron chi connectivity index (χ0n) is 29.1. The molecule has 8 rings (SSSR count). The van der Waals surface area contributed by atoms with E-state index in [9.17, 15) is 18.4 Å². The van der Waals surface area contributed by atoms with Crippen LogP contribution in [0.25, 0.3) is 0 Å². The van der Waals surface area contributed by atoms with Gasteiger partial charge in [0.05, 0.1) is 21.4 Å². The molecule has 276 valence electrons. The van der Waals surface area contributed by atoms with E-state index in [2.05, 4.69) is 44.3 Å². The number of carbonyl (C=O) groups excluding carboxylic acids is 2. The van der Waals surface area contributed by atoms with Gasteiger partial charge in [0.25, 0.3) is 0 Å². The molecular weight excluding hydrogens is 757 g/mol. The quantitative estimate of drug-likeness (QED) is 0.173. The molecule has 8 nitrogen and oxygen atoms in total. The molecule has 2 N–H and O–H groups in total. The Morgan fingerprint density at radius 3 is 1.32 bits per heavy atom. The van der Waals surface area contributed by atoms with Crippen LogP contribution >= 0.6 is 23.2 Å². The third-order valence-corrected chi connectivity index (χ3v) is 9.31. The van der Waals surface area contributed by atoms with E-state index in [0.29, 0.717) is 32.6 Å². The number of amides is 2. The molecule has 2 fully saturated rings. The highest BCUT2D eigenvalue weighted by Crippen LogP contribution is 2.37. The molecule has 0 unspecified atom stereocenters. The lowest BCUT2D eigenvalue weighted by molar-refractivity contribution is 0.131. The topological polar surface area (TPSA) is 102 Å². The summed E-state index contributed by atoms with van der Waals surface area (Å²) in [6.07, 6.45) is 0.943. The number of carbonyl (C=O) groups is 2. The predicted molar refractivity (Wildman–Crippen MR) is 206 cm³/mol. The molecule has 0 radical (unpaired) electrons. The summed E-state index contributed by atoms with van der Waals surface area (Å²) < 4.78 is 37.2. The first-order valence-corrected chi connectivity index (χ1v) is 17.9. The van der Waals surface area contributed by atoms with Crippen LogP contribution in [0.1, 0.15) is 69.1 Å². The lowest BCUT2D eigenvalue weighted by Crippen LogP contribution is -2.20. The van der Waals surface area contributed by atoms with Crippen LogP contribution in [0.3, 0.4) is 0 Å². The number of hydrogen-bond donors (Lipinski definition) is 2. The molecule has 56 heavy (non-hydrogen) atoms. The minimum atomic E-state index is -0.604. The van der Waals surface area contributed by atoms with E-state index in [1.807, 2.05) is 36.4 Å². The van der Waals surface area contributed by atoms with Crippen molar-refractivity contribution in [2.45, 2.75) is 24.3 Å². The molecule has 4 aromatic carbocycles. The number of cyclic esters (lactones) is 2. The summed E-state index contributed by atoms with van der Waals surface area (Å²) in [4.78, 5) is 32.4. The van der Waals surface area contributed by atoms with E-state index in [-0.39, 0.29) is 11.6 Å². The van der Waals surface area contributed by atoms with Gasteiger partial charge in [-0.05, 0) is 83.9 Å². The number of nitrogens with zero attached hydrogens (tertiary/aromatic N) is 2. The van der Waals surface area contributed by atoms with Crippen LogP contribution in [0, 0.1) is 35.3 Å². The minimum absolute atomic E-state index is 0.354. The highest BCUT2D eigenvalue weighted by Gasteiger charge is 2.38. The smallest absolute Gasteiger partial charge is 0.408 e. The summed E-state index contributed by atoms with van der Waals surface area (Å²) in [7, 11) is 0. The van der Waals surface area contributed by atoms with Crippen LogP contribution in [0.2, 0.25) is 10.0 Å². The average Bonchev–Trinajstić information content (AvgIpc) is 3.81. The van der Waals surface area contributed by atoms with E-state index in [4.69, 9.17) is 32.7 Å². The Bertz CT molecular complexity index is 2360. The normalized spacial score (nSPS) is 18.0. The van der Waals surface area contributed by atoms with E-state index in [0.717, 1.165) is 22.3 Å². The van der Waals surface area contributed by atoms with Crippen molar-refractivity contribution in [1.29, 1.82) is 0 Å². The highest BCUT2D eigenvalue weighted by molar-refractivity contribution is 6.32. The van der Waals surface area contributed by atoms with E-state index in [1.165, 1.54) is 24.3 Å². The van der Waals surface area contributed by atoms with Crippen LogP contribution in [-0.2, 0) is 9.47 Å². The monoisotopic (exact) mass is 784 g/mol. The Kier molecular flexibility index (Phi) is 11.5. The highest BCUT2D eigenvalue weighted by atomic mass is 35.5. The molecular formula is C44H28Cl2F2N4O4. The molecule has 12 heteroatoms. The van der Waals surface area contributed by atoms with Gasteiger partial charge in [-0.3, -0.25) is 9.97 Å². The maximum atomic E-state index is 13.2. The number of hydrogen-bond acceptors (Lipinski definition) is 6. The SMILES string of the molecule is O=C1N[C@@H](c2cc(C#Cc3ccccc3Cl)ccn2)[C@H](c2ccc(F)cc2)O1.O=C1N[C@H](c2cc(C#Cc3ccccc3Cl)ccn2)[C@@H](c2ccc(F)cc2)O1. The number of alkyl carbamates (subject to hydrolysis) is 2. The van der Waals surface area contributed by atoms with Gasteiger partial charge in [-0.1, -0.05) is 95.4 Å². The van der Waals surface area contributed by atoms with Crippen LogP contribution in [0.4, 0.5) is 18.4 Å². The molecule has 6 aromatic rings. The molecule has 0 saturated carbocycles. The summed E-state index contributed by atoms with van der Waals surface area (Å²) >= 11 is 12.3. The maximum Gasteiger partial charge on any atom is 0.408 e. The average molecular weight is 786 g/mol. The zero-order valence-corrected chi connectivity index (χ0v) is 30.6. The number of aromatic nitrogens is 2. The van der Waals surface area contributed by atoms with Gasteiger partial charge >= 0.3 is 12.2 Å². The van der Waals surface area contributed by atoms with Crippen molar-refractivity contribution in [3.8, 4) is 23.7 Å². The molecule has 4 heterocycles. The minimum Gasteiger partial charge on any atom is -0.439 e. The van der Waals surface area contributed by atoms with E-state index >= 15 is 0 Å². The van der Waals surface area contributed by atoms with Crippen molar-refractivity contribution in [2.75, 3.05) is 0 Å². The molecule has 2 amide bonds. The van der Waals surface area contributed by atoms with Gasteiger partial charge in [0.2, 0.25) is 0 Å². The Morgan fingerprint density at radius 2 is 0.929 bits per heavy atom. The number of pyridine rings is 2. The summed E-state index contributed by atoms with van der Waals surface area (Å²) in [5.41, 5.74) is 5.47. The first-order chi connectivity index (χ1) is 27.2. The standard InChI is InChI=1S/2C22H14ClFN2O2/c2*23-18-4-2-1-3-15(18)6-5-14-11-12-25-19(13-14)20-21(28-22(27)26-20)16-7-9-17(24)10-8-16/h2*1-4,7-13,20-21H,(H,26,27)/t2*20-,21-/m10/s1. The molecule has 2 aromatic heterocycles. The summed E-state index contributed by atoms with van der Waals surface area (Å²) in [6.45, 7) is 0. The fourth-order valence-electron chi connectivity index (χ4n) is 5.92. The maximum absolute atomic E-state index is 13.2. The number of halogens is 4. The van der Waals surface area contributed by atoms with Gasteiger partial charge in [-0.2, -0.15) is 0 Å².